The maximum Gasteiger partial charge on any atom is 0.143 e. The number of nitrogens with zero attached hydrogens (tertiary/aromatic N) is 4. The van der Waals surface area contributed by atoms with Crippen molar-refractivity contribution in [2.75, 3.05) is 62.0 Å². The third-order valence-electron chi connectivity index (χ3n) is 8.68. The lowest BCUT2D eigenvalue weighted by Gasteiger charge is -2.23. The zero-order valence-corrected chi connectivity index (χ0v) is 30.8. The van der Waals surface area contributed by atoms with E-state index in [0.29, 0.717) is 18.9 Å². The average molecular weight is 691 g/mol. The highest BCUT2D eigenvalue weighted by Crippen LogP contribution is 2.34. The first-order valence-electron chi connectivity index (χ1n) is 17.7. The molecule has 8 heteroatoms. The van der Waals surface area contributed by atoms with Crippen molar-refractivity contribution in [2.45, 2.75) is 6.42 Å². The molecule has 2 aliphatic heterocycles. The highest BCUT2D eigenvalue weighted by molar-refractivity contribution is 5.93. The number of fused-ring (bicyclic) bond motifs is 8. The first-order chi connectivity index (χ1) is 25.0. The van der Waals surface area contributed by atoms with E-state index >= 15 is 0 Å². The summed E-state index contributed by atoms with van der Waals surface area (Å²) in [6.07, 6.45) is 12.1. The van der Waals surface area contributed by atoms with Gasteiger partial charge in [-0.1, -0.05) is 24.3 Å². The van der Waals surface area contributed by atoms with Gasteiger partial charge >= 0.3 is 0 Å². The number of aromatic amines is 2. The number of hydrogen-bond acceptors (Lipinski definition) is 4. The highest BCUT2D eigenvalue weighted by Gasteiger charge is 2.15. The molecule has 0 unspecified atom stereocenters. The second-order valence-corrected chi connectivity index (χ2v) is 15.3. The van der Waals surface area contributed by atoms with Gasteiger partial charge in [0, 0.05) is 45.5 Å². The largest absolute Gasteiger partial charge is 0.493 e. The first kappa shape index (κ1) is 34.6. The molecule has 5 aromatic rings. The third kappa shape index (κ3) is 8.52. The summed E-state index contributed by atoms with van der Waals surface area (Å²) in [5, 5.41) is 0. The Morgan fingerprint density at radius 1 is 0.615 bits per heavy atom. The van der Waals surface area contributed by atoms with E-state index in [1.807, 2.05) is 30.3 Å². The van der Waals surface area contributed by atoms with Gasteiger partial charge in [0.2, 0.25) is 0 Å². The average Bonchev–Trinajstić information content (AvgIpc) is 3.92. The fourth-order valence-electron chi connectivity index (χ4n) is 6.23. The summed E-state index contributed by atoms with van der Waals surface area (Å²) < 4.78 is 13.7. The van der Waals surface area contributed by atoms with Gasteiger partial charge in [-0.3, -0.25) is 0 Å². The number of benzene rings is 2. The van der Waals surface area contributed by atoms with Crippen molar-refractivity contribution < 1.29 is 18.4 Å². The quantitative estimate of drug-likeness (QED) is 0.0905. The van der Waals surface area contributed by atoms with Crippen molar-refractivity contribution in [3.63, 3.8) is 0 Å². The molecule has 3 aromatic heterocycles. The van der Waals surface area contributed by atoms with Crippen LogP contribution in [0.3, 0.4) is 0 Å². The number of ether oxygens (including phenoxy) is 2. The predicted octanol–water partition coefficient (Wildman–Crippen LogP) is 8.51. The molecule has 262 valence electrons. The topological polar surface area (TPSA) is 75.8 Å². The number of H-pyrrole nitrogens is 2. The van der Waals surface area contributed by atoms with Crippen LogP contribution in [0.4, 0.5) is 0 Å². The Labute approximate surface area is 305 Å². The Morgan fingerprint density at radius 2 is 1.17 bits per heavy atom. The van der Waals surface area contributed by atoms with E-state index in [9.17, 15) is 0 Å². The molecule has 0 aliphatic carbocycles. The molecule has 7 rings (SSSR count). The van der Waals surface area contributed by atoms with Gasteiger partial charge in [0.15, 0.2) is 0 Å². The molecule has 2 N–H and O–H groups in total. The summed E-state index contributed by atoms with van der Waals surface area (Å²) in [6.45, 7) is 2.41. The van der Waals surface area contributed by atoms with E-state index in [0.717, 1.165) is 94.8 Å². The zero-order chi connectivity index (χ0) is 36.3. The molecule has 0 spiro atoms. The minimum Gasteiger partial charge on any atom is -0.493 e. The second-order valence-electron chi connectivity index (χ2n) is 15.3. The maximum atomic E-state index is 6.22. The molecule has 8 nitrogen and oxygen atoms in total. The molecule has 0 radical (unpaired) electrons. The molecule has 0 atom stereocenters. The molecule has 2 aliphatic rings. The second kappa shape index (κ2) is 14.4. The zero-order valence-electron chi connectivity index (χ0n) is 30.8. The van der Waals surface area contributed by atoms with Crippen molar-refractivity contribution in [2.24, 2.45) is 0 Å². The fraction of sp³-hybridized carbons (Fsp3) is 0.227. The SMILES string of the molecule is C[N+](C)(C)CC#COc1cccc(-c2c3nc(cc4ccc([nH]4)c(-c4cccc(OCCC[N+](C)(C)C)c4)c4nc(cc5ccc2[nH]5)C=C4)C=C3)c1. The van der Waals surface area contributed by atoms with Crippen LogP contribution in [-0.4, -0.2) is 90.9 Å². The number of hydrogen-bond donors (Lipinski definition) is 2. The number of quaternary nitrogens is 2. The van der Waals surface area contributed by atoms with Crippen LogP contribution in [0.5, 0.6) is 11.5 Å². The van der Waals surface area contributed by atoms with Crippen LogP contribution in [0.15, 0.2) is 84.9 Å². The Balaban J connectivity index is 1.32. The Bertz CT molecular complexity index is 2410. The smallest absolute Gasteiger partial charge is 0.143 e. The lowest BCUT2D eigenvalue weighted by Crippen LogP contribution is -2.35. The summed E-state index contributed by atoms with van der Waals surface area (Å²) in [5.74, 6) is 4.65. The molecular weight excluding hydrogens is 645 g/mol. The number of nitrogens with one attached hydrogen (secondary N) is 2. The summed E-state index contributed by atoms with van der Waals surface area (Å²) in [5.41, 5.74) is 11.2. The molecule has 5 heterocycles. The predicted molar refractivity (Wildman–Crippen MR) is 214 cm³/mol. The molecule has 0 fully saturated rings. The van der Waals surface area contributed by atoms with Crippen LogP contribution in [-0.2, 0) is 0 Å². The van der Waals surface area contributed by atoms with Crippen LogP contribution in [0.2, 0.25) is 0 Å². The molecular formula is C44H46N6O2+2. The van der Waals surface area contributed by atoms with E-state index < -0.39 is 0 Å². The minimum atomic E-state index is 0.667. The fourth-order valence-corrected chi connectivity index (χ4v) is 6.23. The van der Waals surface area contributed by atoms with Gasteiger partial charge in [-0.25, -0.2) is 9.97 Å². The number of aromatic nitrogens is 4. The van der Waals surface area contributed by atoms with Gasteiger partial charge in [0.05, 0.1) is 78.2 Å². The van der Waals surface area contributed by atoms with Gasteiger partial charge in [0.25, 0.3) is 0 Å². The Hall–Kier alpha value is -5.88. The van der Waals surface area contributed by atoms with Gasteiger partial charge in [0.1, 0.15) is 24.2 Å². The lowest BCUT2D eigenvalue weighted by atomic mass is 10.0. The monoisotopic (exact) mass is 690 g/mol. The number of rotatable bonds is 9. The molecule has 0 saturated carbocycles. The van der Waals surface area contributed by atoms with Gasteiger partial charge in [-0.05, 0) is 96.1 Å². The summed E-state index contributed by atoms with van der Waals surface area (Å²) in [7, 11) is 12.9. The maximum absolute atomic E-state index is 6.22. The van der Waals surface area contributed by atoms with Crippen LogP contribution in [0, 0.1) is 12.0 Å². The normalized spacial score (nSPS) is 12.4. The summed E-state index contributed by atoms with van der Waals surface area (Å²) in [4.78, 5) is 17.5. The van der Waals surface area contributed by atoms with Crippen LogP contribution < -0.4 is 9.47 Å². The lowest BCUT2D eigenvalue weighted by molar-refractivity contribution is -0.870. The molecule has 52 heavy (non-hydrogen) atoms. The van der Waals surface area contributed by atoms with E-state index in [2.05, 4.69) is 143 Å². The van der Waals surface area contributed by atoms with Crippen molar-refractivity contribution in [3.8, 4) is 45.8 Å². The van der Waals surface area contributed by atoms with E-state index in [1.165, 1.54) is 0 Å². The van der Waals surface area contributed by atoms with Crippen molar-refractivity contribution in [1.82, 2.24) is 19.9 Å². The standard InChI is InChI=1S/C44H46N6O2/c1-49(2,3)23-9-25-51-37-13-7-11-31(27-37)43-39-19-15-33(45-39)29-35-17-21-41(47-35)44(42-22-18-36(48-42)30-34-16-20-40(43)46-34)32-12-8-14-38(28-32)52-26-10-24-50(4,5)6/h7-8,11-22,27-30,45,48H,9,23-25H2,1-6H3/q+2. The first-order valence-corrected chi connectivity index (χ1v) is 17.7. The molecule has 2 aromatic carbocycles. The molecule has 0 amide bonds. The van der Waals surface area contributed by atoms with E-state index in [4.69, 9.17) is 19.4 Å². The van der Waals surface area contributed by atoms with Gasteiger partial charge in [-0.15, -0.1) is 0 Å². The Morgan fingerprint density at radius 3 is 1.73 bits per heavy atom. The molecule has 0 saturated heterocycles. The van der Waals surface area contributed by atoms with Crippen molar-refractivity contribution in [3.05, 3.63) is 108 Å². The summed E-state index contributed by atoms with van der Waals surface area (Å²) in [6, 6.07) is 28.8. The third-order valence-corrected chi connectivity index (χ3v) is 8.68. The van der Waals surface area contributed by atoms with Gasteiger partial charge in [-0.2, -0.15) is 0 Å². The highest BCUT2D eigenvalue weighted by atomic mass is 16.5. The van der Waals surface area contributed by atoms with Crippen LogP contribution >= 0.6 is 0 Å². The van der Waals surface area contributed by atoms with Crippen molar-refractivity contribution in [1.29, 1.82) is 0 Å². The van der Waals surface area contributed by atoms with Crippen LogP contribution in [0.1, 0.15) is 29.2 Å². The van der Waals surface area contributed by atoms with E-state index in [-0.39, 0.29) is 0 Å². The van der Waals surface area contributed by atoms with E-state index in [1.54, 1.807) is 0 Å². The molecule has 8 bridgehead atoms. The summed E-state index contributed by atoms with van der Waals surface area (Å²) >= 11 is 0. The minimum absolute atomic E-state index is 0.667. The van der Waals surface area contributed by atoms with Crippen LogP contribution in [0.25, 0.3) is 68.6 Å². The van der Waals surface area contributed by atoms with Crippen molar-refractivity contribution >= 4 is 46.4 Å². The Kier molecular flexibility index (Phi) is 9.57. The van der Waals surface area contributed by atoms with Gasteiger partial charge < -0.3 is 28.4 Å².